The van der Waals surface area contributed by atoms with Gasteiger partial charge < -0.3 is 19.5 Å². The second-order valence-corrected chi connectivity index (χ2v) is 7.47. The number of carbonyl (C=O) groups excluding carboxylic acids is 1. The second kappa shape index (κ2) is 10.1. The van der Waals surface area contributed by atoms with Gasteiger partial charge in [0.2, 0.25) is 0 Å². The van der Waals surface area contributed by atoms with Gasteiger partial charge in [-0.25, -0.2) is 4.39 Å². The van der Waals surface area contributed by atoms with E-state index in [0.717, 1.165) is 11.1 Å². The minimum atomic E-state index is -0.297. The van der Waals surface area contributed by atoms with Crippen molar-refractivity contribution in [3.05, 3.63) is 82.8 Å². The van der Waals surface area contributed by atoms with Crippen LogP contribution in [0.15, 0.2) is 54.6 Å². The van der Waals surface area contributed by atoms with Crippen LogP contribution in [0, 0.1) is 5.82 Å². The van der Waals surface area contributed by atoms with Gasteiger partial charge in [-0.1, -0.05) is 18.2 Å². The lowest BCUT2D eigenvalue weighted by molar-refractivity contribution is 0.0948. The zero-order chi connectivity index (χ0) is 24.1. The molecular weight excluding hydrogens is 437 g/mol. The molecule has 0 saturated carbocycles. The van der Waals surface area contributed by atoms with Crippen LogP contribution in [0.1, 0.15) is 27.2 Å². The number of nitrogens with zero attached hydrogens (tertiary/aromatic N) is 1. The minimum Gasteiger partial charge on any atom is -0.497 e. The van der Waals surface area contributed by atoms with E-state index in [-0.39, 0.29) is 18.3 Å². The number of amides is 1. The van der Waals surface area contributed by atoms with Crippen molar-refractivity contribution in [3.63, 3.8) is 0 Å². The van der Waals surface area contributed by atoms with Crippen molar-refractivity contribution in [2.45, 2.75) is 6.54 Å². The van der Waals surface area contributed by atoms with E-state index in [9.17, 15) is 9.18 Å². The molecule has 4 aromatic rings. The van der Waals surface area contributed by atoms with E-state index in [0.29, 0.717) is 39.4 Å². The molecule has 0 aliphatic carbocycles. The summed E-state index contributed by atoms with van der Waals surface area (Å²) in [5, 5.41) is 10.9. The van der Waals surface area contributed by atoms with Crippen LogP contribution in [0.2, 0.25) is 0 Å². The third-order valence-corrected chi connectivity index (χ3v) is 5.33. The van der Waals surface area contributed by atoms with E-state index >= 15 is 0 Å². The molecule has 4 rings (SSSR count). The Labute approximate surface area is 196 Å². The number of hydrogen-bond donors (Lipinski definition) is 2. The van der Waals surface area contributed by atoms with Crippen molar-refractivity contribution in [1.29, 1.82) is 0 Å². The Morgan fingerprint density at radius 1 is 0.971 bits per heavy atom. The van der Waals surface area contributed by atoms with Gasteiger partial charge in [0.15, 0.2) is 0 Å². The van der Waals surface area contributed by atoms with Crippen molar-refractivity contribution in [2.24, 2.45) is 0 Å². The summed E-state index contributed by atoms with van der Waals surface area (Å²) in [5.74, 6) is 1.09. The van der Waals surface area contributed by atoms with Gasteiger partial charge in [-0.05, 0) is 53.6 Å². The van der Waals surface area contributed by atoms with E-state index in [4.69, 9.17) is 14.2 Å². The number of hydrogen-bond acceptors (Lipinski definition) is 5. The maximum Gasteiger partial charge on any atom is 0.255 e. The number of aromatic amines is 1. The number of ether oxygens (including phenoxy) is 3. The molecule has 1 heterocycles. The van der Waals surface area contributed by atoms with Crippen LogP contribution in [-0.4, -0.2) is 37.4 Å². The number of aromatic nitrogens is 2. The predicted molar refractivity (Wildman–Crippen MR) is 129 cm³/mol. The van der Waals surface area contributed by atoms with Crippen molar-refractivity contribution in [3.8, 4) is 17.2 Å². The average Bonchev–Trinajstić information content (AvgIpc) is 3.29. The van der Waals surface area contributed by atoms with Gasteiger partial charge in [0.1, 0.15) is 23.1 Å². The number of H-pyrrole nitrogens is 1. The highest BCUT2D eigenvalue weighted by Crippen LogP contribution is 2.32. The van der Waals surface area contributed by atoms with Crippen LogP contribution in [-0.2, 0) is 6.54 Å². The fourth-order valence-electron chi connectivity index (χ4n) is 3.61. The highest BCUT2D eigenvalue weighted by atomic mass is 19.1. The van der Waals surface area contributed by atoms with Crippen molar-refractivity contribution >= 4 is 29.0 Å². The van der Waals surface area contributed by atoms with Gasteiger partial charge in [-0.3, -0.25) is 9.89 Å². The monoisotopic (exact) mass is 461 g/mol. The minimum absolute atomic E-state index is 0.274. The number of halogens is 1. The smallest absolute Gasteiger partial charge is 0.255 e. The maximum absolute atomic E-state index is 13.2. The topological polar surface area (TPSA) is 85.5 Å². The highest BCUT2D eigenvalue weighted by molar-refractivity contribution is 6.05. The predicted octanol–water partition coefficient (Wildman–Crippen LogP) is 4.83. The van der Waals surface area contributed by atoms with Gasteiger partial charge in [-0.15, -0.1) is 0 Å². The Kier molecular flexibility index (Phi) is 6.77. The standard InChI is InChI=1S/C26H24FN3O4/c1-32-19-12-17(13-20(14-19)33-2)15-28-26(31)21-9-11-23-24(25(21)34-3)22(29-30-23)10-6-16-4-7-18(27)8-5-16/h4-14H,15H2,1-3H3,(H,28,31)(H,29,30). The normalized spacial score (nSPS) is 11.1. The van der Waals surface area contributed by atoms with Crippen LogP contribution >= 0.6 is 0 Å². The second-order valence-electron chi connectivity index (χ2n) is 7.47. The first kappa shape index (κ1) is 22.8. The van der Waals surface area contributed by atoms with Gasteiger partial charge in [0.25, 0.3) is 5.91 Å². The summed E-state index contributed by atoms with van der Waals surface area (Å²) in [6.45, 7) is 0.274. The first-order chi connectivity index (χ1) is 16.5. The summed E-state index contributed by atoms with van der Waals surface area (Å²) in [6.07, 6.45) is 3.64. The zero-order valence-corrected chi connectivity index (χ0v) is 19.0. The lowest BCUT2D eigenvalue weighted by Crippen LogP contribution is -2.23. The van der Waals surface area contributed by atoms with Crippen LogP contribution in [0.25, 0.3) is 23.1 Å². The lowest BCUT2D eigenvalue weighted by Gasteiger charge is -2.12. The molecule has 34 heavy (non-hydrogen) atoms. The molecule has 7 nitrogen and oxygen atoms in total. The highest BCUT2D eigenvalue weighted by Gasteiger charge is 2.19. The van der Waals surface area contributed by atoms with Crippen molar-refractivity contribution < 1.29 is 23.4 Å². The molecule has 0 saturated heterocycles. The molecule has 0 atom stereocenters. The molecule has 0 unspecified atom stereocenters. The van der Waals surface area contributed by atoms with Gasteiger partial charge in [0, 0.05) is 12.6 Å². The lowest BCUT2D eigenvalue weighted by atomic mass is 10.1. The van der Waals surface area contributed by atoms with Gasteiger partial charge in [0.05, 0.1) is 43.5 Å². The van der Waals surface area contributed by atoms with Crippen LogP contribution < -0.4 is 19.5 Å². The fraction of sp³-hybridized carbons (Fsp3) is 0.154. The number of fused-ring (bicyclic) bond motifs is 1. The molecule has 0 radical (unpaired) electrons. The maximum atomic E-state index is 13.2. The Hall–Kier alpha value is -4.33. The molecule has 2 N–H and O–H groups in total. The third-order valence-electron chi connectivity index (χ3n) is 5.33. The first-order valence-electron chi connectivity index (χ1n) is 10.5. The molecule has 0 aliphatic rings. The summed E-state index contributed by atoms with van der Waals surface area (Å²) in [7, 11) is 4.66. The SMILES string of the molecule is COc1cc(CNC(=O)c2ccc3n[nH]c(C=Cc4ccc(F)cc4)c3c2OC)cc(OC)c1. The summed E-state index contributed by atoms with van der Waals surface area (Å²) in [4.78, 5) is 13.1. The number of methoxy groups -OCH3 is 3. The summed E-state index contributed by atoms with van der Waals surface area (Å²) < 4.78 is 29.4. The summed E-state index contributed by atoms with van der Waals surface area (Å²) in [5.41, 5.74) is 3.36. The molecule has 0 spiro atoms. The van der Waals surface area contributed by atoms with E-state index in [2.05, 4.69) is 15.5 Å². The number of benzene rings is 3. The van der Waals surface area contributed by atoms with Crippen LogP contribution in [0.5, 0.6) is 17.2 Å². The molecule has 0 fully saturated rings. The van der Waals surface area contributed by atoms with Crippen LogP contribution in [0.4, 0.5) is 4.39 Å². The van der Waals surface area contributed by atoms with Crippen molar-refractivity contribution in [2.75, 3.05) is 21.3 Å². The van der Waals surface area contributed by atoms with E-state index in [1.165, 1.54) is 19.2 Å². The molecule has 1 amide bonds. The number of carbonyl (C=O) groups is 1. The molecule has 3 aromatic carbocycles. The average molecular weight is 461 g/mol. The first-order valence-corrected chi connectivity index (χ1v) is 10.5. The summed E-state index contributed by atoms with van der Waals surface area (Å²) >= 11 is 0. The largest absolute Gasteiger partial charge is 0.497 e. The Bertz CT molecular complexity index is 1320. The van der Waals surface area contributed by atoms with E-state index in [1.807, 2.05) is 24.3 Å². The zero-order valence-electron chi connectivity index (χ0n) is 19.0. The fourth-order valence-corrected chi connectivity index (χ4v) is 3.61. The molecule has 1 aromatic heterocycles. The summed E-state index contributed by atoms with van der Waals surface area (Å²) in [6, 6.07) is 15.0. The van der Waals surface area contributed by atoms with E-state index in [1.54, 1.807) is 44.6 Å². The van der Waals surface area contributed by atoms with E-state index < -0.39 is 0 Å². The number of rotatable bonds is 8. The quantitative estimate of drug-likeness (QED) is 0.393. The Balaban J connectivity index is 1.61. The molecule has 0 bridgehead atoms. The molecule has 174 valence electrons. The van der Waals surface area contributed by atoms with Gasteiger partial charge >= 0.3 is 0 Å². The molecular formula is C26H24FN3O4. The van der Waals surface area contributed by atoms with Crippen LogP contribution in [0.3, 0.4) is 0 Å². The molecule has 0 aliphatic heterocycles. The Morgan fingerprint density at radius 2 is 1.68 bits per heavy atom. The third kappa shape index (κ3) is 4.85. The molecule has 8 heteroatoms. The Morgan fingerprint density at radius 3 is 2.32 bits per heavy atom. The number of nitrogens with one attached hydrogen (secondary N) is 2. The van der Waals surface area contributed by atoms with Gasteiger partial charge in [-0.2, -0.15) is 5.10 Å². The van der Waals surface area contributed by atoms with Crippen molar-refractivity contribution in [1.82, 2.24) is 15.5 Å².